The lowest BCUT2D eigenvalue weighted by atomic mass is 10.2. The van der Waals surface area contributed by atoms with E-state index in [9.17, 15) is 14.4 Å². The molecule has 0 aliphatic rings. The summed E-state index contributed by atoms with van der Waals surface area (Å²) in [5.41, 5.74) is 0.331. The maximum atomic E-state index is 11.6. The van der Waals surface area contributed by atoms with Gasteiger partial charge in [-0.15, -0.1) is 0 Å². The summed E-state index contributed by atoms with van der Waals surface area (Å²) in [6, 6.07) is 10.9. The minimum Gasteiger partial charge on any atom is -0.467 e. The first-order chi connectivity index (χ1) is 10.6. The smallest absolute Gasteiger partial charge is 0.338 e. The molecule has 1 heterocycles. The van der Waals surface area contributed by atoms with Crippen molar-refractivity contribution in [1.29, 1.82) is 0 Å². The van der Waals surface area contributed by atoms with Crippen LogP contribution in [0.1, 0.15) is 16.1 Å². The highest BCUT2D eigenvalue weighted by Gasteiger charge is 2.12. The standard InChI is InChI=1S/C15H14N2O5/c18-13(10-22-14(19)11-5-2-1-3-6-11)17-15(20)16-9-12-7-4-8-21-12/h1-8H,9-10H2,(H2,16,17,18,20). The van der Waals surface area contributed by atoms with Crippen molar-refractivity contribution in [2.75, 3.05) is 6.61 Å². The zero-order chi connectivity index (χ0) is 15.8. The summed E-state index contributed by atoms with van der Waals surface area (Å²) in [6.45, 7) is -0.391. The Morgan fingerprint density at radius 3 is 2.50 bits per heavy atom. The molecule has 0 bridgehead atoms. The van der Waals surface area contributed by atoms with Gasteiger partial charge in [0.1, 0.15) is 5.76 Å². The number of imide groups is 1. The number of ether oxygens (including phenoxy) is 1. The van der Waals surface area contributed by atoms with Gasteiger partial charge in [-0.2, -0.15) is 0 Å². The summed E-state index contributed by atoms with van der Waals surface area (Å²) >= 11 is 0. The zero-order valence-electron chi connectivity index (χ0n) is 11.6. The molecule has 0 aliphatic carbocycles. The van der Waals surface area contributed by atoms with Crippen LogP contribution >= 0.6 is 0 Å². The first-order valence-corrected chi connectivity index (χ1v) is 6.47. The van der Waals surface area contributed by atoms with Crippen LogP contribution in [0.5, 0.6) is 0 Å². The Morgan fingerprint density at radius 1 is 1.05 bits per heavy atom. The summed E-state index contributed by atoms with van der Waals surface area (Å²) in [5, 5.41) is 4.47. The molecule has 7 heteroatoms. The lowest BCUT2D eigenvalue weighted by Crippen LogP contribution is -2.41. The third kappa shape index (κ3) is 4.78. The number of urea groups is 1. The molecule has 7 nitrogen and oxygen atoms in total. The summed E-state index contributed by atoms with van der Waals surface area (Å²) in [7, 11) is 0. The second-order valence-corrected chi connectivity index (χ2v) is 4.25. The molecular weight excluding hydrogens is 288 g/mol. The van der Waals surface area contributed by atoms with Crippen molar-refractivity contribution < 1.29 is 23.5 Å². The molecule has 0 unspecified atom stereocenters. The maximum Gasteiger partial charge on any atom is 0.338 e. The van der Waals surface area contributed by atoms with Gasteiger partial charge in [-0.25, -0.2) is 9.59 Å². The Balaban J connectivity index is 1.69. The Labute approximate surface area is 126 Å². The highest BCUT2D eigenvalue weighted by molar-refractivity contribution is 5.96. The average Bonchev–Trinajstić information content (AvgIpc) is 3.05. The van der Waals surface area contributed by atoms with E-state index in [0.29, 0.717) is 11.3 Å². The summed E-state index contributed by atoms with van der Waals surface area (Å²) in [4.78, 5) is 34.5. The zero-order valence-corrected chi connectivity index (χ0v) is 11.6. The lowest BCUT2D eigenvalue weighted by molar-refractivity contribution is -0.123. The number of nitrogens with one attached hydrogen (secondary N) is 2. The van der Waals surface area contributed by atoms with Gasteiger partial charge in [-0.3, -0.25) is 10.1 Å². The number of hydrogen-bond acceptors (Lipinski definition) is 5. The fourth-order valence-electron chi connectivity index (χ4n) is 1.58. The van der Waals surface area contributed by atoms with Gasteiger partial charge in [0, 0.05) is 0 Å². The molecular formula is C15H14N2O5. The number of esters is 1. The molecule has 114 valence electrons. The highest BCUT2D eigenvalue weighted by Crippen LogP contribution is 2.00. The van der Waals surface area contributed by atoms with E-state index in [4.69, 9.17) is 9.15 Å². The minimum absolute atomic E-state index is 0.149. The number of rotatable bonds is 5. The average molecular weight is 302 g/mol. The fourth-order valence-corrected chi connectivity index (χ4v) is 1.58. The van der Waals surface area contributed by atoms with E-state index in [1.54, 1.807) is 42.5 Å². The van der Waals surface area contributed by atoms with Crippen LogP contribution in [-0.2, 0) is 16.1 Å². The van der Waals surface area contributed by atoms with Crippen molar-refractivity contribution in [3.63, 3.8) is 0 Å². The van der Waals surface area contributed by atoms with E-state index in [0.717, 1.165) is 0 Å². The number of carbonyl (C=O) groups is 3. The van der Waals surface area contributed by atoms with Crippen LogP contribution < -0.4 is 10.6 Å². The Kier molecular flexibility index (Phi) is 5.31. The molecule has 3 amide bonds. The largest absolute Gasteiger partial charge is 0.467 e. The van der Waals surface area contributed by atoms with E-state index >= 15 is 0 Å². The van der Waals surface area contributed by atoms with Crippen LogP contribution in [0.25, 0.3) is 0 Å². The molecule has 0 saturated carbocycles. The second kappa shape index (κ2) is 7.63. The number of furan rings is 1. The summed E-state index contributed by atoms with van der Waals surface area (Å²) < 4.78 is 9.81. The van der Waals surface area contributed by atoms with E-state index < -0.39 is 24.5 Å². The molecule has 0 saturated heterocycles. The number of carbonyl (C=O) groups excluding carboxylic acids is 3. The Morgan fingerprint density at radius 2 is 1.82 bits per heavy atom. The van der Waals surface area contributed by atoms with Gasteiger partial charge < -0.3 is 14.5 Å². The van der Waals surface area contributed by atoms with Crippen LogP contribution in [0, 0.1) is 0 Å². The van der Waals surface area contributed by atoms with Gasteiger partial charge in [-0.1, -0.05) is 18.2 Å². The monoisotopic (exact) mass is 302 g/mol. The van der Waals surface area contributed by atoms with E-state index in [-0.39, 0.29) is 6.54 Å². The van der Waals surface area contributed by atoms with Crippen molar-refractivity contribution in [2.45, 2.75) is 6.54 Å². The van der Waals surface area contributed by atoms with Crippen LogP contribution in [-0.4, -0.2) is 24.5 Å². The van der Waals surface area contributed by atoms with Gasteiger partial charge in [0.05, 0.1) is 18.4 Å². The van der Waals surface area contributed by atoms with Crippen molar-refractivity contribution in [3.05, 3.63) is 60.1 Å². The first-order valence-electron chi connectivity index (χ1n) is 6.47. The lowest BCUT2D eigenvalue weighted by Gasteiger charge is -2.06. The van der Waals surface area contributed by atoms with Gasteiger partial charge >= 0.3 is 12.0 Å². The maximum absolute atomic E-state index is 11.6. The predicted octanol–water partition coefficient (Wildman–Crippen LogP) is 1.46. The van der Waals surface area contributed by atoms with Gasteiger partial charge in [0.25, 0.3) is 5.91 Å². The normalized spacial score (nSPS) is 9.82. The second-order valence-electron chi connectivity index (χ2n) is 4.25. The van der Waals surface area contributed by atoms with Crippen molar-refractivity contribution in [3.8, 4) is 0 Å². The minimum atomic E-state index is -0.721. The van der Waals surface area contributed by atoms with Crippen LogP contribution in [0.3, 0.4) is 0 Å². The molecule has 1 aromatic heterocycles. The molecule has 1 aromatic carbocycles. The van der Waals surface area contributed by atoms with Crippen LogP contribution in [0.2, 0.25) is 0 Å². The molecule has 0 fully saturated rings. The third-order valence-corrected chi connectivity index (χ3v) is 2.60. The molecule has 2 N–H and O–H groups in total. The third-order valence-electron chi connectivity index (χ3n) is 2.60. The molecule has 22 heavy (non-hydrogen) atoms. The van der Waals surface area contributed by atoms with Crippen molar-refractivity contribution >= 4 is 17.9 Å². The first kappa shape index (κ1) is 15.3. The molecule has 0 aliphatic heterocycles. The van der Waals surface area contributed by atoms with E-state index in [1.165, 1.54) is 6.26 Å². The Bertz CT molecular complexity index is 637. The van der Waals surface area contributed by atoms with Crippen LogP contribution in [0.4, 0.5) is 4.79 Å². The quantitative estimate of drug-likeness (QED) is 0.815. The summed E-state index contributed by atoms with van der Waals surface area (Å²) in [6.07, 6.45) is 1.48. The van der Waals surface area contributed by atoms with E-state index in [1.807, 2.05) is 5.32 Å². The summed E-state index contributed by atoms with van der Waals surface area (Å²) in [5.74, 6) is -0.800. The Hall–Kier alpha value is -3.09. The van der Waals surface area contributed by atoms with Gasteiger partial charge in [0.2, 0.25) is 0 Å². The number of amides is 3. The van der Waals surface area contributed by atoms with Crippen molar-refractivity contribution in [2.24, 2.45) is 0 Å². The fraction of sp³-hybridized carbons (Fsp3) is 0.133. The number of hydrogen-bond donors (Lipinski definition) is 2. The molecule has 2 aromatic rings. The number of benzene rings is 1. The van der Waals surface area contributed by atoms with Crippen molar-refractivity contribution in [1.82, 2.24) is 10.6 Å². The molecule has 0 spiro atoms. The SMILES string of the molecule is O=C(COC(=O)c1ccccc1)NC(=O)NCc1ccco1. The van der Waals surface area contributed by atoms with Crippen LogP contribution in [0.15, 0.2) is 53.1 Å². The van der Waals surface area contributed by atoms with E-state index in [2.05, 4.69) is 5.32 Å². The molecule has 0 radical (unpaired) electrons. The van der Waals surface area contributed by atoms with Gasteiger partial charge in [0.15, 0.2) is 6.61 Å². The highest BCUT2D eigenvalue weighted by atomic mass is 16.5. The van der Waals surface area contributed by atoms with Gasteiger partial charge in [-0.05, 0) is 24.3 Å². The molecule has 2 rings (SSSR count). The predicted molar refractivity (Wildman–Crippen MR) is 75.8 cm³/mol. The topological polar surface area (TPSA) is 97.6 Å². The molecule has 0 atom stereocenters.